The van der Waals surface area contributed by atoms with Gasteiger partial charge in [0.05, 0.1) is 22.3 Å². The van der Waals surface area contributed by atoms with E-state index in [4.69, 9.17) is 0 Å². The third kappa shape index (κ3) is 4.29. The summed E-state index contributed by atoms with van der Waals surface area (Å²) in [6.07, 6.45) is 3.49. The van der Waals surface area contributed by atoms with Crippen molar-refractivity contribution in [1.82, 2.24) is 4.57 Å². The number of carboxylic acids is 1. The van der Waals surface area contributed by atoms with E-state index in [0.717, 1.165) is 25.1 Å². The molecule has 0 saturated heterocycles. The number of amides is 1. The molecular weight excluding hydrogens is 370 g/mol. The van der Waals surface area contributed by atoms with Gasteiger partial charge in [0.15, 0.2) is 0 Å². The molecule has 0 spiro atoms. The number of nitrogens with zero attached hydrogens (tertiary/aromatic N) is 1. The highest BCUT2D eigenvalue weighted by molar-refractivity contribution is 6.15. The minimum absolute atomic E-state index is 0.00491. The number of benzene rings is 2. The Balaban J connectivity index is 1.96. The molecule has 0 atom stereocenters. The Hall–Kier alpha value is -3.61. The van der Waals surface area contributed by atoms with Crippen LogP contribution in [0.3, 0.4) is 0 Å². The molecule has 0 unspecified atom stereocenters. The fourth-order valence-corrected chi connectivity index (χ4v) is 3.16. The number of fused-ring (bicyclic) bond motifs is 1. The Morgan fingerprint density at radius 2 is 1.83 bits per heavy atom. The molecule has 1 aromatic heterocycles. The van der Waals surface area contributed by atoms with Gasteiger partial charge >= 0.3 is 5.97 Å². The van der Waals surface area contributed by atoms with E-state index in [9.17, 15) is 19.5 Å². The summed E-state index contributed by atoms with van der Waals surface area (Å²) in [6, 6.07) is 11.8. The van der Waals surface area contributed by atoms with E-state index < -0.39 is 11.9 Å². The predicted molar refractivity (Wildman–Crippen MR) is 113 cm³/mol. The van der Waals surface area contributed by atoms with Gasteiger partial charge in [-0.2, -0.15) is 0 Å². The van der Waals surface area contributed by atoms with Gasteiger partial charge in [0.2, 0.25) is 5.91 Å². The molecule has 2 aromatic carbocycles. The average molecular weight is 393 g/mol. The maximum Gasteiger partial charge on any atom is 0.337 e. The van der Waals surface area contributed by atoms with Gasteiger partial charge in [-0.1, -0.05) is 31.5 Å². The van der Waals surface area contributed by atoms with E-state index in [1.807, 2.05) is 0 Å². The fraction of sp³-hybridized carbons (Fsp3) is 0.227. The molecule has 3 N–H and O–H groups in total. The summed E-state index contributed by atoms with van der Waals surface area (Å²) in [6.45, 7) is 4.25. The zero-order chi connectivity index (χ0) is 21.0. The van der Waals surface area contributed by atoms with E-state index in [1.165, 1.54) is 23.8 Å². The smallest absolute Gasteiger partial charge is 0.337 e. The number of carboxylic acid groups (broad SMARTS) is 1. The summed E-state index contributed by atoms with van der Waals surface area (Å²) in [7, 11) is 0. The van der Waals surface area contributed by atoms with Crippen LogP contribution >= 0.6 is 0 Å². The van der Waals surface area contributed by atoms with Crippen LogP contribution in [0.25, 0.3) is 10.9 Å². The molecule has 0 radical (unpaired) electrons. The highest BCUT2D eigenvalue weighted by Gasteiger charge is 2.19. The second kappa shape index (κ2) is 8.60. The lowest BCUT2D eigenvalue weighted by atomic mass is 10.1. The first-order chi connectivity index (χ1) is 13.9. The minimum Gasteiger partial charge on any atom is -0.478 e. The Morgan fingerprint density at radius 3 is 2.52 bits per heavy atom. The Kier molecular flexibility index (Phi) is 5.97. The lowest BCUT2D eigenvalue weighted by molar-refractivity contribution is 0.0697. The number of anilines is 2. The molecular formula is C22H23N3O4. The summed E-state index contributed by atoms with van der Waals surface area (Å²) in [5.41, 5.74) is 1.85. The van der Waals surface area contributed by atoms with Crippen LogP contribution in [0.5, 0.6) is 0 Å². The Morgan fingerprint density at radius 1 is 1.07 bits per heavy atom. The SMILES string of the molecule is CCCCNc1ccc(C(=O)O)c(NC(=O)c2cn(C(C)=O)c3ccccc23)c1. The number of hydrogen-bond donors (Lipinski definition) is 3. The van der Waals surface area contributed by atoms with Crippen molar-refractivity contribution in [3.63, 3.8) is 0 Å². The Bertz CT molecular complexity index is 1080. The molecule has 0 aliphatic carbocycles. The van der Waals surface area contributed by atoms with E-state index in [2.05, 4.69) is 17.6 Å². The maximum absolute atomic E-state index is 13.0. The van der Waals surface area contributed by atoms with Crippen molar-refractivity contribution < 1.29 is 19.5 Å². The third-order valence-electron chi connectivity index (χ3n) is 4.65. The van der Waals surface area contributed by atoms with Crippen LogP contribution in [-0.4, -0.2) is 34.0 Å². The van der Waals surface area contributed by atoms with Crippen LogP contribution in [0.4, 0.5) is 11.4 Å². The third-order valence-corrected chi connectivity index (χ3v) is 4.65. The van der Waals surface area contributed by atoms with Gasteiger partial charge in [-0.05, 0) is 30.7 Å². The Labute approximate surface area is 168 Å². The van der Waals surface area contributed by atoms with Gasteiger partial charge < -0.3 is 15.7 Å². The van der Waals surface area contributed by atoms with Crippen molar-refractivity contribution in [2.75, 3.05) is 17.2 Å². The molecule has 0 fully saturated rings. The number of nitrogens with one attached hydrogen (secondary N) is 2. The van der Waals surface area contributed by atoms with Crippen molar-refractivity contribution in [1.29, 1.82) is 0 Å². The molecule has 7 nitrogen and oxygen atoms in total. The molecule has 150 valence electrons. The normalized spacial score (nSPS) is 10.7. The number of rotatable bonds is 7. The number of aromatic nitrogens is 1. The highest BCUT2D eigenvalue weighted by atomic mass is 16.4. The van der Waals surface area contributed by atoms with Crippen LogP contribution in [0, 0.1) is 0 Å². The fourth-order valence-electron chi connectivity index (χ4n) is 3.16. The second-order valence-electron chi connectivity index (χ2n) is 6.75. The highest BCUT2D eigenvalue weighted by Crippen LogP contribution is 2.25. The average Bonchev–Trinajstić information content (AvgIpc) is 3.08. The van der Waals surface area contributed by atoms with Gasteiger partial charge in [0.25, 0.3) is 5.91 Å². The molecule has 0 bridgehead atoms. The molecule has 1 amide bonds. The van der Waals surface area contributed by atoms with E-state index in [0.29, 0.717) is 16.5 Å². The number of hydrogen-bond acceptors (Lipinski definition) is 4. The molecule has 0 aliphatic rings. The topological polar surface area (TPSA) is 100 Å². The lowest BCUT2D eigenvalue weighted by Gasteiger charge is -2.12. The van der Waals surface area contributed by atoms with Crippen LogP contribution in [0.1, 0.15) is 52.2 Å². The zero-order valence-corrected chi connectivity index (χ0v) is 16.4. The van der Waals surface area contributed by atoms with Crippen molar-refractivity contribution >= 4 is 40.1 Å². The first kappa shape index (κ1) is 20.1. The predicted octanol–water partition coefficient (Wildman–Crippen LogP) is 4.46. The number of aromatic carboxylic acids is 1. The second-order valence-corrected chi connectivity index (χ2v) is 6.75. The number of unbranched alkanes of at least 4 members (excludes halogenated alkanes) is 1. The number of carbonyl (C=O) groups is 3. The molecule has 3 aromatic rings. The first-order valence-corrected chi connectivity index (χ1v) is 9.46. The van der Waals surface area contributed by atoms with Crippen molar-refractivity contribution in [2.45, 2.75) is 26.7 Å². The monoisotopic (exact) mass is 393 g/mol. The van der Waals surface area contributed by atoms with Crippen molar-refractivity contribution in [3.8, 4) is 0 Å². The summed E-state index contributed by atoms with van der Waals surface area (Å²) < 4.78 is 1.41. The van der Waals surface area contributed by atoms with Crippen molar-refractivity contribution in [3.05, 3.63) is 59.8 Å². The van der Waals surface area contributed by atoms with Crippen LogP contribution in [-0.2, 0) is 0 Å². The van der Waals surface area contributed by atoms with Gasteiger partial charge in [0.1, 0.15) is 0 Å². The molecule has 29 heavy (non-hydrogen) atoms. The summed E-state index contributed by atoms with van der Waals surface area (Å²) in [4.78, 5) is 36.5. The summed E-state index contributed by atoms with van der Waals surface area (Å²) in [5.74, 6) is -1.82. The molecule has 3 rings (SSSR count). The maximum atomic E-state index is 13.0. The molecule has 7 heteroatoms. The van der Waals surface area contributed by atoms with E-state index in [1.54, 1.807) is 36.4 Å². The quantitative estimate of drug-likeness (QED) is 0.515. The number of carbonyl (C=O) groups excluding carboxylic acids is 2. The molecule has 0 saturated carbocycles. The van der Waals surface area contributed by atoms with Crippen molar-refractivity contribution in [2.24, 2.45) is 0 Å². The van der Waals surface area contributed by atoms with Gasteiger partial charge in [0, 0.05) is 30.7 Å². The lowest BCUT2D eigenvalue weighted by Crippen LogP contribution is -2.15. The largest absolute Gasteiger partial charge is 0.478 e. The van der Waals surface area contributed by atoms with Crippen LogP contribution < -0.4 is 10.6 Å². The zero-order valence-electron chi connectivity index (χ0n) is 16.4. The molecule has 0 aliphatic heterocycles. The van der Waals surface area contributed by atoms with Gasteiger partial charge in [-0.25, -0.2) is 4.79 Å². The van der Waals surface area contributed by atoms with Crippen LogP contribution in [0.15, 0.2) is 48.7 Å². The first-order valence-electron chi connectivity index (χ1n) is 9.46. The van der Waals surface area contributed by atoms with Crippen LogP contribution in [0.2, 0.25) is 0 Å². The van der Waals surface area contributed by atoms with E-state index in [-0.39, 0.29) is 17.2 Å². The van der Waals surface area contributed by atoms with Gasteiger partial charge in [-0.15, -0.1) is 0 Å². The molecule has 1 heterocycles. The minimum atomic E-state index is -1.13. The number of para-hydroxylation sites is 1. The summed E-state index contributed by atoms with van der Waals surface area (Å²) in [5, 5.41) is 16.0. The summed E-state index contributed by atoms with van der Waals surface area (Å²) >= 11 is 0. The van der Waals surface area contributed by atoms with E-state index >= 15 is 0 Å². The standard InChI is InChI=1S/C22H23N3O4/c1-3-4-11-23-15-9-10-17(22(28)29)19(12-15)24-21(27)18-13-25(14(2)26)20-8-6-5-7-16(18)20/h5-10,12-13,23H,3-4,11H2,1-2H3,(H,24,27)(H,28,29). The van der Waals surface area contributed by atoms with Gasteiger partial charge in [-0.3, -0.25) is 14.2 Å².